The van der Waals surface area contributed by atoms with E-state index in [1.165, 1.54) is 22.0 Å². The average Bonchev–Trinajstić information content (AvgIpc) is 3.23. The van der Waals surface area contributed by atoms with Crippen LogP contribution in [0, 0.1) is 5.92 Å². The summed E-state index contributed by atoms with van der Waals surface area (Å²) in [6, 6.07) is 16.4. The van der Waals surface area contributed by atoms with Crippen molar-refractivity contribution in [1.82, 2.24) is 9.62 Å². The normalized spacial score (nSPS) is 16.2. The quantitative estimate of drug-likeness (QED) is 0.795. The van der Waals surface area contributed by atoms with Crippen LogP contribution in [0.5, 0.6) is 0 Å². The van der Waals surface area contributed by atoms with Gasteiger partial charge in [-0.15, -0.1) is 0 Å². The number of amides is 1. The summed E-state index contributed by atoms with van der Waals surface area (Å²) in [6.45, 7) is 3.81. The minimum Gasteiger partial charge on any atom is -0.352 e. The van der Waals surface area contributed by atoms with E-state index in [2.05, 4.69) is 24.4 Å². The molecule has 1 N–H and O–H groups in total. The maximum Gasteiger partial charge on any atom is 0.251 e. The van der Waals surface area contributed by atoms with E-state index < -0.39 is 10.0 Å². The first-order valence-corrected chi connectivity index (χ1v) is 10.8. The summed E-state index contributed by atoms with van der Waals surface area (Å²) in [7, 11) is -3.44. The van der Waals surface area contributed by atoms with Crippen LogP contribution in [0.15, 0.2) is 59.5 Å². The van der Waals surface area contributed by atoms with Gasteiger partial charge in [-0.25, -0.2) is 8.42 Å². The van der Waals surface area contributed by atoms with E-state index in [9.17, 15) is 13.2 Å². The zero-order valence-corrected chi connectivity index (χ0v) is 16.4. The number of benzene rings is 2. The van der Waals surface area contributed by atoms with Crippen LogP contribution < -0.4 is 5.32 Å². The molecule has 0 aromatic heterocycles. The van der Waals surface area contributed by atoms with Crippen molar-refractivity contribution in [2.24, 2.45) is 5.92 Å². The predicted octanol–water partition coefficient (Wildman–Crippen LogP) is 3.08. The first-order chi connectivity index (χ1) is 13.0. The zero-order valence-electron chi connectivity index (χ0n) is 15.6. The van der Waals surface area contributed by atoms with Crippen molar-refractivity contribution in [3.8, 4) is 0 Å². The molecule has 0 aliphatic carbocycles. The molecular weight excluding hydrogens is 360 g/mol. The summed E-state index contributed by atoms with van der Waals surface area (Å²) in [5, 5.41) is 2.93. The van der Waals surface area contributed by atoms with Crippen LogP contribution in [0.25, 0.3) is 0 Å². The Morgan fingerprint density at radius 1 is 1.04 bits per heavy atom. The number of nitrogens with zero attached hydrogens (tertiary/aromatic N) is 1. The molecule has 0 radical (unpaired) electrons. The molecule has 3 rings (SSSR count). The van der Waals surface area contributed by atoms with Gasteiger partial charge in [-0.1, -0.05) is 37.3 Å². The largest absolute Gasteiger partial charge is 0.352 e. The van der Waals surface area contributed by atoms with Crippen LogP contribution in [0.3, 0.4) is 0 Å². The highest BCUT2D eigenvalue weighted by Crippen LogP contribution is 2.21. The number of sulfonamides is 1. The van der Waals surface area contributed by atoms with Gasteiger partial charge in [0.2, 0.25) is 10.0 Å². The number of carbonyl (C=O) groups excluding carboxylic acids is 1. The van der Waals surface area contributed by atoms with Crippen molar-refractivity contribution >= 4 is 15.9 Å². The van der Waals surface area contributed by atoms with E-state index >= 15 is 0 Å². The van der Waals surface area contributed by atoms with Crippen molar-refractivity contribution in [3.63, 3.8) is 0 Å². The Labute approximate surface area is 161 Å². The van der Waals surface area contributed by atoms with Crippen LogP contribution in [-0.2, 0) is 16.4 Å². The Bertz CT molecular complexity index is 858. The van der Waals surface area contributed by atoms with Crippen LogP contribution in [0.1, 0.15) is 35.7 Å². The smallest absolute Gasteiger partial charge is 0.251 e. The molecule has 1 aliphatic rings. The van der Waals surface area contributed by atoms with Crippen molar-refractivity contribution in [3.05, 3.63) is 65.7 Å². The van der Waals surface area contributed by atoms with Gasteiger partial charge < -0.3 is 5.32 Å². The van der Waals surface area contributed by atoms with Gasteiger partial charge in [0.05, 0.1) is 4.90 Å². The second kappa shape index (κ2) is 8.67. The third-order valence-corrected chi connectivity index (χ3v) is 6.77. The Morgan fingerprint density at radius 2 is 1.67 bits per heavy atom. The third kappa shape index (κ3) is 4.96. The predicted molar refractivity (Wildman–Crippen MR) is 106 cm³/mol. The SMILES string of the molecule is CC(CNC(=O)c1ccc(S(=O)(=O)N2CCCC2)cc1)Cc1ccccc1. The van der Waals surface area contributed by atoms with Gasteiger partial charge in [0.25, 0.3) is 5.91 Å². The Hall–Kier alpha value is -2.18. The lowest BCUT2D eigenvalue weighted by atomic mass is 10.0. The second-order valence-corrected chi connectivity index (χ2v) is 9.08. The maximum atomic E-state index is 12.5. The summed E-state index contributed by atoms with van der Waals surface area (Å²) in [4.78, 5) is 12.6. The van der Waals surface area contributed by atoms with E-state index in [4.69, 9.17) is 0 Å². The van der Waals surface area contributed by atoms with E-state index in [0.717, 1.165) is 19.3 Å². The average molecular weight is 387 g/mol. The highest BCUT2D eigenvalue weighted by atomic mass is 32.2. The lowest BCUT2D eigenvalue weighted by Crippen LogP contribution is -2.29. The number of rotatable bonds is 7. The molecule has 1 atom stereocenters. The minimum absolute atomic E-state index is 0.181. The molecule has 1 saturated heterocycles. The molecule has 2 aromatic rings. The van der Waals surface area contributed by atoms with Crippen molar-refractivity contribution in [2.75, 3.05) is 19.6 Å². The lowest BCUT2D eigenvalue weighted by molar-refractivity contribution is 0.0948. The second-order valence-electron chi connectivity index (χ2n) is 7.14. The van der Waals surface area contributed by atoms with E-state index in [0.29, 0.717) is 31.1 Å². The summed E-state index contributed by atoms with van der Waals surface area (Å²) < 4.78 is 26.6. The highest BCUT2D eigenvalue weighted by Gasteiger charge is 2.27. The standard InChI is InChI=1S/C21H26N2O3S/c1-17(15-18-7-3-2-4-8-18)16-22-21(24)19-9-11-20(12-10-19)27(25,26)23-13-5-6-14-23/h2-4,7-12,17H,5-6,13-16H2,1H3,(H,22,24). The summed E-state index contributed by atoms with van der Waals surface area (Å²) in [5.74, 6) is 0.131. The van der Waals surface area contributed by atoms with Gasteiger partial charge >= 0.3 is 0 Å². The van der Waals surface area contributed by atoms with Crippen molar-refractivity contribution < 1.29 is 13.2 Å². The fourth-order valence-corrected chi connectivity index (χ4v) is 4.83. The summed E-state index contributed by atoms with van der Waals surface area (Å²) in [6.07, 6.45) is 2.70. The molecule has 2 aromatic carbocycles. The fraction of sp³-hybridized carbons (Fsp3) is 0.381. The van der Waals surface area contributed by atoms with Gasteiger partial charge in [-0.05, 0) is 55.0 Å². The van der Waals surface area contributed by atoms with Gasteiger partial charge in [-0.3, -0.25) is 4.79 Å². The minimum atomic E-state index is -3.44. The third-order valence-electron chi connectivity index (χ3n) is 4.86. The van der Waals surface area contributed by atoms with E-state index in [1.807, 2.05) is 18.2 Å². The molecule has 5 nitrogen and oxygen atoms in total. The molecule has 1 heterocycles. The number of hydrogen-bond acceptors (Lipinski definition) is 3. The zero-order chi connectivity index (χ0) is 19.3. The molecule has 27 heavy (non-hydrogen) atoms. The van der Waals surface area contributed by atoms with Crippen LogP contribution in [-0.4, -0.2) is 38.3 Å². The van der Waals surface area contributed by atoms with Crippen LogP contribution >= 0.6 is 0 Å². The van der Waals surface area contributed by atoms with Gasteiger partial charge in [0.1, 0.15) is 0 Å². The number of hydrogen-bond donors (Lipinski definition) is 1. The first-order valence-electron chi connectivity index (χ1n) is 9.39. The molecular formula is C21H26N2O3S. The highest BCUT2D eigenvalue weighted by molar-refractivity contribution is 7.89. The Balaban J connectivity index is 1.56. The Kier molecular flexibility index (Phi) is 6.29. The molecule has 1 fully saturated rings. The number of nitrogens with one attached hydrogen (secondary N) is 1. The fourth-order valence-electron chi connectivity index (χ4n) is 3.31. The maximum absolute atomic E-state index is 12.5. The Morgan fingerprint density at radius 3 is 2.30 bits per heavy atom. The molecule has 0 bridgehead atoms. The molecule has 1 amide bonds. The van der Waals surface area contributed by atoms with E-state index in [1.54, 1.807) is 12.1 Å². The number of carbonyl (C=O) groups is 1. The molecule has 0 saturated carbocycles. The molecule has 1 aliphatic heterocycles. The molecule has 1 unspecified atom stereocenters. The van der Waals surface area contributed by atoms with Crippen molar-refractivity contribution in [2.45, 2.75) is 31.1 Å². The van der Waals surface area contributed by atoms with Gasteiger partial charge in [0, 0.05) is 25.2 Å². The van der Waals surface area contributed by atoms with Gasteiger partial charge in [-0.2, -0.15) is 4.31 Å². The summed E-state index contributed by atoms with van der Waals surface area (Å²) >= 11 is 0. The van der Waals surface area contributed by atoms with Crippen molar-refractivity contribution in [1.29, 1.82) is 0 Å². The first kappa shape index (κ1) is 19.6. The summed E-state index contributed by atoms with van der Waals surface area (Å²) in [5.41, 5.74) is 1.72. The monoisotopic (exact) mass is 386 g/mol. The van der Waals surface area contributed by atoms with Crippen LogP contribution in [0.2, 0.25) is 0 Å². The topological polar surface area (TPSA) is 66.5 Å². The van der Waals surface area contributed by atoms with E-state index in [-0.39, 0.29) is 10.8 Å². The molecule has 0 spiro atoms. The lowest BCUT2D eigenvalue weighted by Gasteiger charge is -2.16. The molecule has 144 valence electrons. The molecule has 6 heteroatoms. The van der Waals surface area contributed by atoms with Gasteiger partial charge in [0.15, 0.2) is 0 Å². The van der Waals surface area contributed by atoms with Crippen LogP contribution in [0.4, 0.5) is 0 Å².